The fraction of sp³-hybridized carbons (Fsp3) is 0.778. The van der Waals surface area contributed by atoms with Gasteiger partial charge in [-0.1, -0.05) is 41.5 Å². The highest BCUT2D eigenvalue weighted by Gasteiger charge is 2.49. The van der Waals surface area contributed by atoms with Crippen molar-refractivity contribution in [2.45, 2.75) is 82.9 Å². The molecule has 0 aromatic carbocycles. The van der Waals surface area contributed by atoms with Crippen LogP contribution in [0.15, 0.2) is 11.8 Å². The quantitative estimate of drug-likeness (QED) is 0.251. The van der Waals surface area contributed by atoms with Crippen LogP contribution in [0.5, 0.6) is 0 Å². The molecule has 0 saturated carbocycles. The van der Waals surface area contributed by atoms with Gasteiger partial charge in [0, 0.05) is 12.3 Å². The molecule has 0 heterocycles. The van der Waals surface area contributed by atoms with E-state index in [-0.39, 0.29) is 18.1 Å². The highest BCUT2D eigenvalue weighted by atomic mass is 32.2. The Bertz CT molecular complexity index is 661. The Kier molecular flexibility index (Phi) is 7.45. The van der Waals surface area contributed by atoms with Crippen LogP contribution in [0.4, 0.5) is 13.2 Å². The molecule has 0 amide bonds. The van der Waals surface area contributed by atoms with Crippen molar-refractivity contribution in [3.05, 3.63) is 11.8 Å². The third kappa shape index (κ3) is 5.07. The van der Waals surface area contributed by atoms with Crippen molar-refractivity contribution in [1.29, 1.82) is 0 Å². The summed E-state index contributed by atoms with van der Waals surface area (Å²) in [7, 11) is -7.43. The highest BCUT2D eigenvalue weighted by Crippen LogP contribution is 2.41. The highest BCUT2D eigenvalue weighted by molar-refractivity contribution is 7.87. The average molecular weight is 411 g/mol. The molecular formula is C18H29F3O3SSi. The normalized spacial score (nSPS) is 19.4. The molecule has 1 aliphatic rings. The number of hydrogen-bond acceptors (Lipinski definition) is 3. The van der Waals surface area contributed by atoms with Crippen LogP contribution in [-0.4, -0.2) is 22.0 Å². The third-order valence-corrected chi connectivity index (χ3v) is 12.5. The SMILES string of the molecule is CC(C)[Si](C#CC1CC=C(OS(=O)(=O)C(F)(F)F)CC1)(C(C)C)C(C)C. The number of halogens is 3. The van der Waals surface area contributed by atoms with Gasteiger partial charge in [0.05, 0.1) is 0 Å². The van der Waals surface area contributed by atoms with Gasteiger partial charge in [0.2, 0.25) is 0 Å². The molecule has 1 aliphatic carbocycles. The Labute approximate surface area is 156 Å². The van der Waals surface area contributed by atoms with Crippen LogP contribution in [-0.2, 0) is 14.3 Å². The molecule has 8 heteroatoms. The maximum absolute atomic E-state index is 12.4. The minimum Gasteiger partial charge on any atom is -0.381 e. The molecule has 26 heavy (non-hydrogen) atoms. The molecule has 0 aliphatic heterocycles. The van der Waals surface area contributed by atoms with Gasteiger partial charge in [-0.3, -0.25) is 0 Å². The maximum atomic E-state index is 12.4. The number of alkyl halides is 3. The lowest BCUT2D eigenvalue weighted by Crippen LogP contribution is -2.43. The van der Waals surface area contributed by atoms with E-state index in [2.05, 4.69) is 57.2 Å². The molecule has 0 N–H and O–H groups in total. The summed E-state index contributed by atoms with van der Waals surface area (Å²) in [5, 5.41) is 0. The van der Waals surface area contributed by atoms with Crippen LogP contribution in [0.1, 0.15) is 60.8 Å². The van der Waals surface area contributed by atoms with Gasteiger partial charge >= 0.3 is 15.6 Å². The summed E-state index contributed by atoms with van der Waals surface area (Å²) in [6.45, 7) is 13.3. The Morgan fingerprint density at radius 1 is 1.12 bits per heavy atom. The zero-order chi connectivity index (χ0) is 20.3. The van der Waals surface area contributed by atoms with Gasteiger partial charge in [-0.15, -0.1) is 11.5 Å². The smallest absolute Gasteiger partial charge is 0.381 e. The van der Waals surface area contributed by atoms with Crippen LogP contribution in [0, 0.1) is 17.4 Å². The zero-order valence-corrected chi connectivity index (χ0v) is 18.1. The van der Waals surface area contributed by atoms with Crippen LogP contribution in [0.25, 0.3) is 0 Å². The molecule has 0 saturated heterocycles. The first-order chi connectivity index (χ1) is 11.7. The first-order valence-corrected chi connectivity index (χ1v) is 12.6. The standard InChI is InChI=1S/C18H29F3O3SSi/c1-13(2)26(14(3)4,15(5)6)12-11-16-7-9-17(10-8-16)24-25(22,23)18(19,20)21/h9,13-16H,7-8,10H2,1-6H3. The molecule has 0 aromatic rings. The van der Waals surface area contributed by atoms with Gasteiger partial charge in [-0.2, -0.15) is 21.6 Å². The van der Waals surface area contributed by atoms with Crippen molar-refractivity contribution >= 4 is 18.2 Å². The lowest BCUT2D eigenvalue weighted by molar-refractivity contribution is -0.0524. The van der Waals surface area contributed by atoms with E-state index in [1.807, 2.05) is 0 Å². The van der Waals surface area contributed by atoms with Gasteiger partial charge in [0.15, 0.2) is 0 Å². The van der Waals surface area contributed by atoms with Crippen LogP contribution < -0.4 is 0 Å². The molecular weight excluding hydrogens is 381 g/mol. The van der Waals surface area contributed by atoms with Crippen molar-refractivity contribution in [2.24, 2.45) is 5.92 Å². The molecule has 0 spiro atoms. The summed E-state index contributed by atoms with van der Waals surface area (Å²) >= 11 is 0. The van der Waals surface area contributed by atoms with E-state index in [4.69, 9.17) is 0 Å². The molecule has 3 nitrogen and oxygen atoms in total. The van der Waals surface area contributed by atoms with E-state index >= 15 is 0 Å². The van der Waals surface area contributed by atoms with E-state index in [1.54, 1.807) is 0 Å². The predicted molar refractivity (Wildman–Crippen MR) is 100 cm³/mol. The fourth-order valence-corrected chi connectivity index (χ4v) is 9.71. The summed E-state index contributed by atoms with van der Waals surface area (Å²) in [6.07, 6.45) is 2.49. The Morgan fingerprint density at radius 2 is 1.62 bits per heavy atom. The van der Waals surface area contributed by atoms with E-state index in [0.717, 1.165) is 0 Å². The molecule has 1 atom stereocenters. The second kappa shape index (κ2) is 8.38. The number of allylic oxidation sites excluding steroid dienone is 2. The third-order valence-electron chi connectivity index (χ3n) is 5.23. The fourth-order valence-electron chi connectivity index (χ4n) is 3.87. The number of rotatable bonds is 5. The summed E-state index contributed by atoms with van der Waals surface area (Å²) in [5.74, 6) is 3.25. The largest absolute Gasteiger partial charge is 0.534 e. The second-order valence-corrected chi connectivity index (χ2v) is 14.9. The average Bonchev–Trinajstić information content (AvgIpc) is 2.46. The van der Waals surface area contributed by atoms with Crippen molar-refractivity contribution in [3.8, 4) is 11.5 Å². The summed E-state index contributed by atoms with van der Waals surface area (Å²) < 4.78 is 63.5. The van der Waals surface area contributed by atoms with Gasteiger partial charge in [0.1, 0.15) is 13.8 Å². The molecule has 0 aromatic heterocycles. The predicted octanol–water partition coefficient (Wildman–Crippen LogP) is 5.76. The lowest BCUT2D eigenvalue weighted by atomic mass is 9.94. The van der Waals surface area contributed by atoms with Gasteiger partial charge in [-0.05, 0) is 35.5 Å². The lowest BCUT2D eigenvalue weighted by Gasteiger charge is -2.38. The van der Waals surface area contributed by atoms with Crippen LogP contribution in [0.3, 0.4) is 0 Å². The Balaban J connectivity index is 2.93. The minimum absolute atomic E-state index is 0.0269. The minimum atomic E-state index is -5.58. The van der Waals surface area contributed by atoms with E-state index in [0.29, 0.717) is 29.5 Å². The first kappa shape index (κ1) is 23.1. The van der Waals surface area contributed by atoms with Crippen LogP contribution >= 0.6 is 0 Å². The van der Waals surface area contributed by atoms with Crippen molar-refractivity contribution < 1.29 is 25.8 Å². The zero-order valence-electron chi connectivity index (χ0n) is 16.3. The summed E-state index contributed by atoms with van der Waals surface area (Å²) in [5.41, 5.74) is -0.278. The first-order valence-electron chi connectivity index (χ1n) is 8.96. The van der Waals surface area contributed by atoms with Gasteiger partial charge in [0.25, 0.3) is 0 Å². The second-order valence-electron chi connectivity index (χ2n) is 7.79. The molecule has 1 unspecified atom stereocenters. The topological polar surface area (TPSA) is 43.4 Å². The van der Waals surface area contributed by atoms with Gasteiger partial charge < -0.3 is 4.18 Å². The molecule has 150 valence electrons. The monoisotopic (exact) mass is 410 g/mol. The molecule has 0 bridgehead atoms. The van der Waals surface area contributed by atoms with E-state index < -0.39 is 23.7 Å². The maximum Gasteiger partial charge on any atom is 0.534 e. The van der Waals surface area contributed by atoms with Crippen molar-refractivity contribution in [2.75, 3.05) is 0 Å². The Morgan fingerprint density at radius 3 is 1.96 bits per heavy atom. The van der Waals surface area contributed by atoms with E-state index in [1.165, 1.54) is 6.08 Å². The Hall–Kier alpha value is -0.943. The number of hydrogen-bond donors (Lipinski definition) is 0. The van der Waals surface area contributed by atoms with E-state index in [9.17, 15) is 21.6 Å². The van der Waals surface area contributed by atoms with Crippen LogP contribution in [0.2, 0.25) is 16.6 Å². The summed E-state index contributed by atoms with van der Waals surface area (Å²) in [6, 6.07) is 0. The molecule has 1 rings (SSSR count). The van der Waals surface area contributed by atoms with Crippen molar-refractivity contribution in [1.82, 2.24) is 0 Å². The summed E-state index contributed by atoms with van der Waals surface area (Å²) in [4.78, 5) is 0. The van der Waals surface area contributed by atoms with Crippen molar-refractivity contribution in [3.63, 3.8) is 0 Å². The molecule has 0 fully saturated rings. The molecule has 0 radical (unpaired) electrons. The van der Waals surface area contributed by atoms with Gasteiger partial charge in [-0.25, -0.2) is 0 Å².